The van der Waals surface area contributed by atoms with Crippen LogP contribution in [-0.2, 0) is 16.0 Å². The summed E-state index contributed by atoms with van der Waals surface area (Å²) >= 11 is 0. The molecular weight excluding hydrogens is 727 g/mol. The van der Waals surface area contributed by atoms with E-state index in [1.165, 1.54) is 60.3 Å². The third-order valence-electron chi connectivity index (χ3n) is 16.3. The van der Waals surface area contributed by atoms with E-state index in [1.807, 2.05) is 49.4 Å². The molecule has 7 nitrogen and oxygen atoms in total. The summed E-state index contributed by atoms with van der Waals surface area (Å²) in [5.41, 5.74) is 8.20. The van der Waals surface area contributed by atoms with Crippen LogP contribution in [0.1, 0.15) is 114 Å². The van der Waals surface area contributed by atoms with Crippen molar-refractivity contribution in [2.75, 3.05) is 6.61 Å². The van der Waals surface area contributed by atoms with Crippen LogP contribution in [0.25, 0.3) is 23.4 Å². The van der Waals surface area contributed by atoms with Crippen molar-refractivity contribution in [2.45, 2.75) is 124 Å². The largest absolute Gasteiger partial charge is 0.737 e. The van der Waals surface area contributed by atoms with Crippen molar-refractivity contribution in [3.8, 4) is 11.3 Å². The summed E-state index contributed by atoms with van der Waals surface area (Å²) in [5, 5.41) is 9.21. The van der Waals surface area contributed by atoms with Gasteiger partial charge in [0.2, 0.25) is 0 Å². The fraction of sp³-hybridized carbons (Fsp3) is 0.562. The molecule has 4 aliphatic carbocycles. The van der Waals surface area contributed by atoms with Gasteiger partial charge in [-0.3, -0.25) is 4.68 Å². The molecule has 10 heteroatoms. The highest BCUT2D eigenvalue weighted by Gasteiger charge is 2.59. The van der Waals surface area contributed by atoms with Gasteiger partial charge in [-0.2, -0.15) is 0 Å². The molecule has 9 atom stereocenters. The van der Waals surface area contributed by atoms with E-state index < -0.39 is 6.97 Å². The fourth-order valence-electron chi connectivity index (χ4n) is 13.4. The molecule has 58 heavy (non-hydrogen) atoms. The topological polar surface area (TPSA) is 57.1 Å². The Morgan fingerprint density at radius 2 is 1.86 bits per heavy atom. The van der Waals surface area contributed by atoms with Crippen molar-refractivity contribution in [3.63, 3.8) is 0 Å². The Kier molecular flexibility index (Phi) is 9.51. The van der Waals surface area contributed by atoms with E-state index in [4.69, 9.17) is 9.47 Å². The average Bonchev–Trinajstić information content (AvgIpc) is 3.99. The number of hydrogen-bond acceptors (Lipinski definition) is 4. The highest BCUT2D eigenvalue weighted by molar-refractivity contribution is 6.58. The number of benzene rings is 1. The van der Waals surface area contributed by atoms with Gasteiger partial charge >= 0.3 is 6.97 Å². The van der Waals surface area contributed by atoms with Crippen LogP contribution in [0.5, 0.6) is 0 Å². The summed E-state index contributed by atoms with van der Waals surface area (Å²) in [5.74, 6) is 3.55. The molecule has 4 fully saturated rings. The summed E-state index contributed by atoms with van der Waals surface area (Å²) in [6.07, 6.45) is 27.7. The van der Waals surface area contributed by atoms with Crippen molar-refractivity contribution in [1.82, 2.24) is 19.5 Å². The lowest BCUT2D eigenvalue weighted by Gasteiger charge is -2.58. The maximum Gasteiger partial charge on any atom is 0.737 e. The molecule has 0 radical (unpaired) electrons. The molecule has 0 bridgehead atoms. The molecule has 0 N–H and O–H groups in total. The van der Waals surface area contributed by atoms with Gasteiger partial charge in [0.1, 0.15) is 5.69 Å². The van der Waals surface area contributed by atoms with Gasteiger partial charge in [-0.15, -0.1) is 5.10 Å². The van der Waals surface area contributed by atoms with Gasteiger partial charge in [-0.25, -0.2) is 0 Å². The third kappa shape index (κ3) is 6.29. The first-order chi connectivity index (χ1) is 27.9. The normalized spacial score (nSPS) is 34.3. The monoisotopic (exact) mass is 787 g/mol. The smallest absolute Gasteiger partial charge is 0.394 e. The van der Waals surface area contributed by atoms with Gasteiger partial charge in [0, 0.05) is 48.7 Å². The fourth-order valence-corrected chi connectivity index (χ4v) is 13.4. The van der Waals surface area contributed by atoms with E-state index in [2.05, 4.69) is 48.0 Å². The van der Waals surface area contributed by atoms with Crippen LogP contribution in [-0.4, -0.2) is 55.6 Å². The molecule has 0 amide bonds. The molecule has 3 aliphatic heterocycles. The Morgan fingerprint density at radius 3 is 2.67 bits per heavy atom. The number of halogens is 2. The summed E-state index contributed by atoms with van der Waals surface area (Å²) in [7, 11) is 0. The minimum atomic E-state index is -3.99. The number of nitrogens with zero attached hydrogens (tertiary/aromatic N) is 5. The summed E-state index contributed by atoms with van der Waals surface area (Å²) in [4.78, 5) is 0. The summed E-state index contributed by atoms with van der Waals surface area (Å²) in [6, 6.07) is 9.97. The SMILES string of the molecule is Cc1cc(C)n2c1C=C1C=CC(/C=C/c3ccc(-c4cn(C[C@@H](C)[C@H]5CC[C@H]6[C@@H]7CC=C8C[C@@H](OC9CCCCO9)CC[C@]8(C)[C@H]7CC[C@]56C)nn4)cc3)=[N+]1[B-]2(F)F. The second kappa shape index (κ2) is 14.4. The van der Waals surface area contributed by atoms with Crippen LogP contribution < -0.4 is 0 Å². The van der Waals surface area contributed by atoms with Crippen LogP contribution in [0.15, 0.2) is 72.1 Å². The number of rotatable bonds is 8. The number of hydrogen-bond donors (Lipinski definition) is 0. The maximum absolute atomic E-state index is 15.9. The van der Waals surface area contributed by atoms with Gasteiger partial charge in [0.05, 0.1) is 12.3 Å². The zero-order valence-electron chi connectivity index (χ0n) is 35.0. The Labute approximate surface area is 343 Å². The molecular formula is C48H60BF2N5O2. The Hall–Kier alpha value is -3.89. The summed E-state index contributed by atoms with van der Waals surface area (Å²) < 4.78 is 48.7. The lowest BCUT2D eigenvalue weighted by molar-refractivity contribution is -0.360. The van der Waals surface area contributed by atoms with Gasteiger partial charge in [0.15, 0.2) is 17.7 Å². The Morgan fingerprint density at radius 1 is 1.02 bits per heavy atom. The van der Waals surface area contributed by atoms with Gasteiger partial charge in [-0.1, -0.05) is 61.9 Å². The third-order valence-corrected chi connectivity index (χ3v) is 16.3. The second-order valence-electron chi connectivity index (χ2n) is 19.6. The highest BCUT2D eigenvalue weighted by Crippen LogP contribution is 2.67. The first-order valence-electron chi connectivity index (χ1n) is 22.3. The zero-order valence-corrected chi connectivity index (χ0v) is 35.0. The minimum Gasteiger partial charge on any atom is -0.394 e. The van der Waals surface area contributed by atoms with Crippen molar-refractivity contribution in [1.29, 1.82) is 0 Å². The lowest BCUT2D eigenvalue weighted by atomic mass is 9.47. The molecule has 2 aromatic heterocycles. The van der Waals surface area contributed by atoms with Crippen molar-refractivity contribution in [2.24, 2.45) is 40.4 Å². The van der Waals surface area contributed by atoms with Crippen LogP contribution in [0.2, 0.25) is 0 Å². The Balaban J connectivity index is 0.778. The maximum atomic E-state index is 15.9. The average molecular weight is 788 g/mol. The number of allylic oxidation sites excluding steroid dienone is 4. The van der Waals surface area contributed by atoms with E-state index in [0.717, 1.165) is 72.6 Å². The van der Waals surface area contributed by atoms with Crippen LogP contribution in [0.3, 0.4) is 0 Å². The van der Waals surface area contributed by atoms with E-state index in [0.29, 0.717) is 51.6 Å². The van der Waals surface area contributed by atoms with Crippen molar-refractivity contribution < 1.29 is 22.6 Å². The molecule has 0 spiro atoms. The van der Waals surface area contributed by atoms with Crippen LogP contribution in [0.4, 0.5) is 8.63 Å². The number of aryl methyl sites for hydroxylation is 2. The standard InChI is InChI=1S/C48H60BF2N5O2/c1-31-26-33(3)55-45(31)28-38-17-16-37(56(38)49(55,50)51)15-11-34-9-12-35(13-10-34)44-30-54(53-52-44)29-32(2)41-19-20-42-40-18-14-36-27-39(58-46-8-6-7-25-57-46)21-23-47(36,4)43(40)22-24-48(41,42)5/h9-17,26,28,30,32,39-43,46H,6-8,18-25,27,29H2,1-5H3/b15-11+/t32-,39+,40+,41-,42+,43+,46?,47+,48-/m1/s1. The van der Waals surface area contributed by atoms with Crippen molar-refractivity contribution >= 4 is 24.8 Å². The van der Waals surface area contributed by atoms with Gasteiger partial charge in [-0.05, 0) is 154 Å². The molecule has 7 aliphatic rings. The number of fused-ring (bicyclic) bond motifs is 7. The Bertz CT molecular complexity index is 2240. The quantitative estimate of drug-likeness (QED) is 0.169. The molecule has 1 unspecified atom stereocenters. The lowest BCUT2D eigenvalue weighted by Crippen LogP contribution is -2.51. The van der Waals surface area contributed by atoms with Crippen molar-refractivity contribution in [3.05, 3.63) is 94.6 Å². The first-order valence-corrected chi connectivity index (χ1v) is 22.3. The number of aromatic nitrogens is 4. The zero-order chi connectivity index (χ0) is 40.0. The molecule has 5 heterocycles. The molecule has 306 valence electrons. The second-order valence-corrected chi connectivity index (χ2v) is 19.6. The van der Waals surface area contributed by atoms with Gasteiger partial charge < -0.3 is 27.1 Å². The predicted octanol–water partition coefficient (Wildman–Crippen LogP) is 10.8. The molecule has 1 saturated heterocycles. The highest BCUT2D eigenvalue weighted by atomic mass is 19.2. The minimum absolute atomic E-state index is 0.00571. The van der Waals surface area contributed by atoms with E-state index >= 15 is 8.63 Å². The molecule has 3 saturated carbocycles. The predicted molar refractivity (Wildman–Crippen MR) is 227 cm³/mol. The van der Waals surface area contributed by atoms with Crippen LogP contribution >= 0.6 is 0 Å². The number of ether oxygens (including phenoxy) is 2. The van der Waals surface area contributed by atoms with E-state index in [1.54, 1.807) is 30.7 Å². The van der Waals surface area contributed by atoms with E-state index in [-0.39, 0.29) is 6.29 Å². The van der Waals surface area contributed by atoms with E-state index in [9.17, 15) is 0 Å². The van der Waals surface area contributed by atoms with Gasteiger partial charge in [0.25, 0.3) is 0 Å². The summed E-state index contributed by atoms with van der Waals surface area (Å²) in [6.45, 7) is 9.05. The molecule has 3 aromatic rings. The first kappa shape index (κ1) is 38.3. The molecule has 1 aromatic carbocycles. The van der Waals surface area contributed by atoms with Crippen LogP contribution in [0, 0.1) is 54.3 Å². The molecule has 10 rings (SSSR count).